The number of nitrogens with zero attached hydrogens (tertiary/aromatic N) is 2. The van der Waals surface area contributed by atoms with Crippen LogP contribution in [0.25, 0.3) is 10.2 Å². The molecule has 0 amide bonds. The number of thiocarbonyl (C=S) groups is 1. The summed E-state index contributed by atoms with van der Waals surface area (Å²) in [7, 11) is 0. The Bertz CT molecular complexity index is 685. The molecule has 8 heteroatoms. The molecule has 0 spiro atoms. The van der Waals surface area contributed by atoms with Gasteiger partial charge < -0.3 is 20.3 Å². The summed E-state index contributed by atoms with van der Waals surface area (Å²) in [6.45, 7) is 4.28. The van der Waals surface area contributed by atoms with E-state index in [1.807, 2.05) is 17.8 Å². The number of rotatable bonds is 6. The van der Waals surface area contributed by atoms with Gasteiger partial charge in [-0.2, -0.15) is 11.8 Å². The molecular weight excluding hydrogens is 360 g/mol. The topological polar surface area (TPSA) is 49.4 Å². The zero-order chi connectivity index (χ0) is 16.8. The van der Waals surface area contributed by atoms with Crippen molar-refractivity contribution in [2.75, 3.05) is 55.1 Å². The van der Waals surface area contributed by atoms with Gasteiger partial charge in [0.05, 0.1) is 23.4 Å². The molecular formula is C16H22N4OS3. The second-order valence-corrected chi connectivity index (χ2v) is 7.91. The van der Waals surface area contributed by atoms with Gasteiger partial charge in [-0.3, -0.25) is 0 Å². The van der Waals surface area contributed by atoms with Crippen LogP contribution in [0, 0.1) is 0 Å². The van der Waals surface area contributed by atoms with Gasteiger partial charge in [-0.15, -0.1) is 0 Å². The number of hydrogen-bond acceptors (Lipinski definition) is 6. The van der Waals surface area contributed by atoms with Gasteiger partial charge >= 0.3 is 0 Å². The standard InChI is InChI=1S/C16H22N4OS3/c1-23-10-2-5-17-15(22)18-12-3-4-13-14(11-12)24-16(19-13)20-6-8-21-9-7-20/h3-4,11H,2,5-10H2,1H3,(H2,17,18,22). The van der Waals surface area contributed by atoms with Gasteiger partial charge in [0.2, 0.25) is 0 Å². The maximum atomic E-state index is 5.41. The maximum absolute atomic E-state index is 5.41. The molecule has 0 radical (unpaired) electrons. The Balaban J connectivity index is 1.61. The number of hydrogen-bond donors (Lipinski definition) is 2. The van der Waals surface area contributed by atoms with Crippen molar-refractivity contribution in [1.82, 2.24) is 10.3 Å². The number of benzene rings is 1. The molecule has 0 bridgehead atoms. The molecule has 1 fully saturated rings. The highest BCUT2D eigenvalue weighted by Gasteiger charge is 2.15. The van der Waals surface area contributed by atoms with E-state index in [9.17, 15) is 0 Å². The molecule has 0 aliphatic carbocycles. The van der Waals surface area contributed by atoms with E-state index < -0.39 is 0 Å². The Labute approximate surface area is 156 Å². The lowest BCUT2D eigenvalue weighted by Gasteiger charge is -2.25. The summed E-state index contributed by atoms with van der Waals surface area (Å²) in [6.07, 6.45) is 3.23. The molecule has 0 unspecified atom stereocenters. The Morgan fingerprint density at radius 3 is 3.04 bits per heavy atom. The highest BCUT2D eigenvalue weighted by molar-refractivity contribution is 7.98. The monoisotopic (exact) mass is 382 g/mol. The van der Waals surface area contributed by atoms with Crippen molar-refractivity contribution in [2.24, 2.45) is 0 Å². The lowest BCUT2D eigenvalue weighted by Crippen LogP contribution is -2.36. The molecule has 1 aliphatic rings. The number of thioether (sulfide) groups is 1. The average Bonchev–Trinajstić information content (AvgIpc) is 3.03. The first-order valence-corrected chi connectivity index (χ1v) is 10.7. The number of thiazole rings is 1. The minimum atomic E-state index is 0.674. The van der Waals surface area contributed by atoms with E-state index in [2.05, 4.69) is 33.9 Å². The number of anilines is 2. The number of aromatic nitrogens is 1. The number of ether oxygens (including phenoxy) is 1. The predicted octanol–water partition coefficient (Wildman–Crippen LogP) is 3.17. The molecule has 1 saturated heterocycles. The third-order valence-corrected chi connectivity index (χ3v) is 5.75. The van der Waals surface area contributed by atoms with Gasteiger partial charge in [-0.25, -0.2) is 4.98 Å². The molecule has 1 aromatic carbocycles. The Kier molecular flexibility index (Phi) is 6.53. The van der Waals surface area contributed by atoms with Gasteiger partial charge in [0.1, 0.15) is 0 Å². The molecule has 0 atom stereocenters. The highest BCUT2D eigenvalue weighted by Crippen LogP contribution is 2.31. The Morgan fingerprint density at radius 2 is 2.25 bits per heavy atom. The summed E-state index contributed by atoms with van der Waals surface area (Å²) in [6, 6.07) is 6.20. The third-order valence-electron chi connectivity index (χ3n) is 3.73. The van der Waals surface area contributed by atoms with Crippen molar-refractivity contribution in [3.63, 3.8) is 0 Å². The van der Waals surface area contributed by atoms with E-state index in [-0.39, 0.29) is 0 Å². The molecule has 130 valence electrons. The van der Waals surface area contributed by atoms with Gasteiger partial charge in [-0.1, -0.05) is 11.3 Å². The number of morpholine rings is 1. The predicted molar refractivity (Wildman–Crippen MR) is 110 cm³/mol. The fourth-order valence-electron chi connectivity index (χ4n) is 2.47. The van der Waals surface area contributed by atoms with E-state index in [1.54, 1.807) is 11.3 Å². The van der Waals surface area contributed by atoms with E-state index in [1.165, 1.54) is 4.70 Å². The minimum Gasteiger partial charge on any atom is -0.378 e. The van der Waals surface area contributed by atoms with Crippen molar-refractivity contribution in [1.29, 1.82) is 0 Å². The quantitative estimate of drug-likeness (QED) is 0.588. The van der Waals surface area contributed by atoms with Crippen LogP contribution >= 0.6 is 35.3 Å². The van der Waals surface area contributed by atoms with Crippen LogP contribution in [0.1, 0.15) is 6.42 Å². The average molecular weight is 383 g/mol. The SMILES string of the molecule is CSCCCNC(=S)Nc1ccc2nc(N3CCOCC3)sc2c1. The van der Waals surface area contributed by atoms with Crippen molar-refractivity contribution in [2.45, 2.75) is 6.42 Å². The molecule has 1 aliphatic heterocycles. The first kappa shape index (κ1) is 17.7. The van der Waals surface area contributed by atoms with E-state index in [4.69, 9.17) is 21.9 Å². The normalized spacial score (nSPS) is 14.8. The molecule has 2 N–H and O–H groups in total. The van der Waals surface area contributed by atoms with Crippen LogP contribution in [0.2, 0.25) is 0 Å². The van der Waals surface area contributed by atoms with E-state index in [0.717, 1.165) is 61.4 Å². The summed E-state index contributed by atoms with van der Waals surface area (Å²) in [5.41, 5.74) is 2.04. The highest BCUT2D eigenvalue weighted by atomic mass is 32.2. The molecule has 1 aromatic heterocycles. The summed E-state index contributed by atoms with van der Waals surface area (Å²) in [5, 5.41) is 8.25. The molecule has 24 heavy (non-hydrogen) atoms. The second-order valence-electron chi connectivity index (χ2n) is 5.51. The van der Waals surface area contributed by atoms with Crippen LogP contribution in [-0.2, 0) is 4.74 Å². The fraction of sp³-hybridized carbons (Fsp3) is 0.500. The lowest BCUT2D eigenvalue weighted by atomic mass is 10.3. The van der Waals surface area contributed by atoms with Crippen molar-refractivity contribution >= 4 is 61.5 Å². The third kappa shape index (κ3) is 4.72. The van der Waals surface area contributed by atoms with Gasteiger partial charge in [0.25, 0.3) is 0 Å². The minimum absolute atomic E-state index is 0.674. The smallest absolute Gasteiger partial charge is 0.186 e. The zero-order valence-electron chi connectivity index (χ0n) is 13.7. The van der Waals surface area contributed by atoms with Gasteiger partial charge in [0, 0.05) is 25.3 Å². The summed E-state index contributed by atoms with van der Waals surface area (Å²) < 4.78 is 6.58. The fourth-order valence-corrected chi connectivity index (χ4v) is 4.18. The summed E-state index contributed by atoms with van der Waals surface area (Å²) in [4.78, 5) is 7.03. The van der Waals surface area contributed by atoms with Crippen LogP contribution in [0.4, 0.5) is 10.8 Å². The molecule has 5 nitrogen and oxygen atoms in total. The van der Waals surface area contributed by atoms with Crippen LogP contribution < -0.4 is 15.5 Å². The van der Waals surface area contributed by atoms with Crippen LogP contribution in [0.5, 0.6) is 0 Å². The lowest BCUT2D eigenvalue weighted by molar-refractivity contribution is 0.122. The molecule has 3 rings (SSSR count). The first-order valence-electron chi connectivity index (χ1n) is 8.03. The van der Waals surface area contributed by atoms with Crippen LogP contribution in [0.3, 0.4) is 0 Å². The number of nitrogens with one attached hydrogen (secondary N) is 2. The first-order chi connectivity index (χ1) is 11.8. The summed E-state index contributed by atoms with van der Waals surface area (Å²) >= 11 is 8.93. The molecule has 2 aromatic rings. The Hall–Kier alpha value is -1.09. The molecule has 2 heterocycles. The van der Waals surface area contributed by atoms with E-state index in [0.29, 0.717) is 5.11 Å². The van der Waals surface area contributed by atoms with Crippen molar-refractivity contribution in [3.05, 3.63) is 18.2 Å². The van der Waals surface area contributed by atoms with E-state index >= 15 is 0 Å². The van der Waals surface area contributed by atoms with Crippen LogP contribution in [0.15, 0.2) is 18.2 Å². The van der Waals surface area contributed by atoms with Crippen molar-refractivity contribution < 1.29 is 4.74 Å². The largest absolute Gasteiger partial charge is 0.378 e. The Morgan fingerprint density at radius 1 is 1.42 bits per heavy atom. The van der Waals surface area contributed by atoms with Crippen molar-refractivity contribution in [3.8, 4) is 0 Å². The van der Waals surface area contributed by atoms with Crippen LogP contribution in [-0.4, -0.2) is 55.0 Å². The van der Waals surface area contributed by atoms with Gasteiger partial charge in [0.15, 0.2) is 10.2 Å². The molecule has 0 saturated carbocycles. The maximum Gasteiger partial charge on any atom is 0.186 e. The van der Waals surface area contributed by atoms with Gasteiger partial charge in [-0.05, 0) is 48.8 Å². The second kappa shape index (κ2) is 8.84. The number of fused-ring (bicyclic) bond motifs is 1. The zero-order valence-corrected chi connectivity index (χ0v) is 16.2. The summed E-state index contributed by atoms with van der Waals surface area (Å²) in [5.74, 6) is 1.15.